The van der Waals surface area contributed by atoms with Crippen LogP contribution >= 0.6 is 0 Å². The SMILES string of the molecule is CC(C)(C)C(C)(C)CCCNC(=O)N(CCCC(C)(C)C(C)(C)C)CCCC(C)(C)C(C)(C)C. The molecule has 0 saturated heterocycles. The van der Waals surface area contributed by atoms with Gasteiger partial charge in [0.1, 0.15) is 0 Å². The third-order valence-electron chi connectivity index (χ3n) is 10.1. The molecule has 0 unspecified atom stereocenters. The van der Waals surface area contributed by atoms with Gasteiger partial charge in [0.05, 0.1) is 0 Å². The summed E-state index contributed by atoms with van der Waals surface area (Å²) in [6.45, 7) is 37.5. The minimum atomic E-state index is 0.121. The number of hydrogen-bond acceptors (Lipinski definition) is 1. The van der Waals surface area contributed by atoms with E-state index in [4.69, 9.17) is 0 Å². The molecule has 0 aliphatic carbocycles. The topological polar surface area (TPSA) is 32.3 Å². The van der Waals surface area contributed by atoms with Crippen molar-refractivity contribution in [3.63, 3.8) is 0 Å². The molecular weight excluding hydrogens is 416 g/mol. The van der Waals surface area contributed by atoms with E-state index in [0.29, 0.717) is 0 Å². The quantitative estimate of drug-likeness (QED) is 0.277. The van der Waals surface area contributed by atoms with Crippen molar-refractivity contribution in [3.8, 4) is 0 Å². The molecule has 204 valence electrons. The number of rotatable bonds is 12. The Hall–Kier alpha value is -0.730. The maximum atomic E-state index is 13.2. The molecule has 1 N–H and O–H groups in total. The van der Waals surface area contributed by atoms with E-state index in [9.17, 15) is 4.79 Å². The van der Waals surface area contributed by atoms with Crippen molar-refractivity contribution in [3.05, 3.63) is 0 Å². The summed E-state index contributed by atoms with van der Waals surface area (Å²) < 4.78 is 0. The third-order valence-corrected chi connectivity index (χ3v) is 10.1. The summed E-state index contributed by atoms with van der Waals surface area (Å²) in [6.07, 6.45) is 6.52. The molecule has 0 atom stereocenters. The first kappa shape index (κ1) is 33.3. The maximum absolute atomic E-state index is 13.2. The lowest BCUT2D eigenvalue weighted by atomic mass is 9.67. The zero-order valence-electron chi connectivity index (χ0n) is 26.2. The molecule has 0 rings (SSSR count). The fourth-order valence-electron chi connectivity index (χ4n) is 3.70. The van der Waals surface area contributed by atoms with Gasteiger partial charge in [0.15, 0.2) is 0 Å². The van der Waals surface area contributed by atoms with Crippen LogP contribution in [0.2, 0.25) is 0 Å². The Morgan fingerprint density at radius 2 is 0.824 bits per heavy atom. The van der Waals surface area contributed by atoms with E-state index in [1.54, 1.807) is 0 Å². The van der Waals surface area contributed by atoms with Gasteiger partial charge in [-0.3, -0.25) is 0 Å². The van der Waals surface area contributed by atoms with Crippen LogP contribution in [0.25, 0.3) is 0 Å². The summed E-state index contributed by atoms with van der Waals surface area (Å²) in [4.78, 5) is 15.3. The van der Waals surface area contributed by atoms with Crippen LogP contribution in [0.15, 0.2) is 0 Å². The number of nitrogens with one attached hydrogen (secondary N) is 1. The van der Waals surface area contributed by atoms with Gasteiger partial charge in [0.2, 0.25) is 0 Å². The number of carbonyl (C=O) groups is 1. The second kappa shape index (κ2) is 12.0. The third kappa shape index (κ3) is 10.5. The average Bonchev–Trinajstić information content (AvgIpc) is 2.60. The molecule has 2 amide bonds. The fraction of sp³-hybridized carbons (Fsp3) is 0.968. The highest BCUT2D eigenvalue weighted by atomic mass is 16.2. The monoisotopic (exact) mass is 481 g/mol. The zero-order valence-corrected chi connectivity index (χ0v) is 26.2. The van der Waals surface area contributed by atoms with Gasteiger partial charge in [0, 0.05) is 19.6 Å². The van der Waals surface area contributed by atoms with E-state index >= 15 is 0 Å². The lowest BCUT2D eigenvalue weighted by molar-refractivity contribution is 0.104. The molecular formula is C31H64N2O. The minimum absolute atomic E-state index is 0.121. The molecule has 3 heteroatoms. The van der Waals surface area contributed by atoms with E-state index in [1.165, 1.54) is 0 Å². The molecule has 0 spiro atoms. The highest BCUT2D eigenvalue weighted by Gasteiger charge is 2.34. The van der Waals surface area contributed by atoms with Gasteiger partial charge in [-0.25, -0.2) is 4.79 Å². The lowest BCUT2D eigenvalue weighted by Crippen LogP contribution is -2.43. The maximum Gasteiger partial charge on any atom is 0.317 e. The molecule has 3 nitrogen and oxygen atoms in total. The fourth-order valence-corrected chi connectivity index (χ4v) is 3.70. The van der Waals surface area contributed by atoms with E-state index in [1.807, 2.05) is 0 Å². The van der Waals surface area contributed by atoms with Gasteiger partial charge in [0.25, 0.3) is 0 Å². The number of carbonyl (C=O) groups excluding carboxylic acids is 1. The van der Waals surface area contributed by atoms with Gasteiger partial charge >= 0.3 is 6.03 Å². The van der Waals surface area contributed by atoms with Gasteiger partial charge < -0.3 is 10.2 Å². The van der Waals surface area contributed by atoms with Gasteiger partial charge in [-0.05, 0) is 71.0 Å². The Kier molecular flexibility index (Phi) is 11.7. The van der Waals surface area contributed by atoms with Crippen molar-refractivity contribution in [2.75, 3.05) is 19.6 Å². The summed E-state index contributed by atoms with van der Waals surface area (Å²) in [5.41, 5.74) is 1.55. The first-order valence-corrected chi connectivity index (χ1v) is 14.0. The van der Waals surface area contributed by atoms with Crippen LogP contribution in [0.4, 0.5) is 4.79 Å². The van der Waals surface area contributed by atoms with Crippen LogP contribution in [0, 0.1) is 32.5 Å². The van der Waals surface area contributed by atoms with Crippen molar-refractivity contribution in [2.24, 2.45) is 32.5 Å². The molecule has 0 fully saturated rings. The summed E-state index contributed by atoms with van der Waals surface area (Å²) in [5.74, 6) is 0. The first-order valence-electron chi connectivity index (χ1n) is 14.0. The number of nitrogens with zero attached hydrogens (tertiary/aromatic N) is 1. The largest absolute Gasteiger partial charge is 0.338 e. The molecule has 0 aromatic rings. The number of amides is 2. The lowest BCUT2D eigenvalue weighted by Gasteiger charge is -2.40. The number of hydrogen-bond donors (Lipinski definition) is 1. The summed E-state index contributed by atoms with van der Waals surface area (Å²) in [6, 6.07) is 0.121. The van der Waals surface area contributed by atoms with Gasteiger partial charge in [-0.2, -0.15) is 0 Å². The Balaban J connectivity index is 5.02. The van der Waals surface area contributed by atoms with Crippen LogP contribution in [0.5, 0.6) is 0 Å². The molecule has 0 saturated carbocycles. The Morgan fingerprint density at radius 1 is 0.529 bits per heavy atom. The Morgan fingerprint density at radius 3 is 1.12 bits per heavy atom. The minimum Gasteiger partial charge on any atom is -0.338 e. The van der Waals surface area contributed by atoms with Crippen molar-refractivity contribution >= 4 is 6.03 Å². The van der Waals surface area contributed by atoms with E-state index in [0.717, 1.165) is 58.2 Å². The summed E-state index contributed by atoms with van der Waals surface area (Å²) in [7, 11) is 0. The van der Waals surface area contributed by atoms with Gasteiger partial charge in [-0.1, -0.05) is 104 Å². The summed E-state index contributed by atoms with van der Waals surface area (Å²) >= 11 is 0. The second-order valence-electron chi connectivity index (χ2n) is 15.9. The molecule has 0 aromatic carbocycles. The zero-order chi connectivity index (χ0) is 27.2. The average molecular weight is 481 g/mol. The molecule has 0 heterocycles. The Bertz CT molecular complexity index is 577. The molecule has 0 aliphatic heterocycles. The standard InChI is InChI=1S/C31H64N2O/c1-26(2,3)29(10,11)19-16-22-32-25(34)33(23-17-20-30(12,13)27(4,5)6)24-18-21-31(14,15)28(7,8)9/h16-24H2,1-15H3,(H,32,34). The highest BCUT2D eigenvalue weighted by Crippen LogP contribution is 2.43. The van der Waals surface area contributed by atoms with Crippen molar-refractivity contribution < 1.29 is 4.79 Å². The van der Waals surface area contributed by atoms with Crippen molar-refractivity contribution in [2.45, 2.75) is 142 Å². The van der Waals surface area contributed by atoms with E-state index in [-0.39, 0.29) is 38.5 Å². The van der Waals surface area contributed by atoms with Crippen LogP contribution in [0.1, 0.15) is 142 Å². The van der Waals surface area contributed by atoms with Crippen LogP contribution in [-0.2, 0) is 0 Å². The predicted octanol–water partition coefficient (Wildman–Crippen LogP) is 9.56. The van der Waals surface area contributed by atoms with E-state index in [2.05, 4.69) is 114 Å². The van der Waals surface area contributed by atoms with Crippen molar-refractivity contribution in [1.82, 2.24) is 10.2 Å². The van der Waals surface area contributed by atoms with Gasteiger partial charge in [-0.15, -0.1) is 0 Å². The highest BCUT2D eigenvalue weighted by molar-refractivity contribution is 5.74. The molecule has 0 bridgehead atoms. The van der Waals surface area contributed by atoms with E-state index < -0.39 is 0 Å². The van der Waals surface area contributed by atoms with Crippen LogP contribution in [-0.4, -0.2) is 30.6 Å². The normalized spacial score (nSPS) is 14.3. The molecule has 0 aromatic heterocycles. The van der Waals surface area contributed by atoms with Crippen LogP contribution in [0.3, 0.4) is 0 Å². The molecule has 34 heavy (non-hydrogen) atoms. The molecule has 0 radical (unpaired) electrons. The smallest absolute Gasteiger partial charge is 0.317 e. The second-order valence-corrected chi connectivity index (χ2v) is 15.9. The van der Waals surface area contributed by atoms with Crippen LogP contribution < -0.4 is 5.32 Å². The predicted molar refractivity (Wildman–Crippen MR) is 152 cm³/mol. The van der Waals surface area contributed by atoms with Crippen molar-refractivity contribution in [1.29, 1.82) is 0 Å². The number of urea groups is 1. The molecule has 0 aliphatic rings. The first-order chi connectivity index (χ1) is 14.9. The summed E-state index contributed by atoms with van der Waals surface area (Å²) in [5, 5.41) is 3.25. The Labute approximate surface area is 215 Å².